The lowest BCUT2D eigenvalue weighted by Crippen LogP contribution is -2.28. The van der Waals surface area contributed by atoms with Crippen molar-refractivity contribution in [3.8, 4) is 5.75 Å². The number of nitrogens with one attached hydrogen (secondary N) is 2. The third-order valence-corrected chi connectivity index (χ3v) is 7.31. The van der Waals surface area contributed by atoms with Crippen molar-refractivity contribution in [1.82, 2.24) is 9.62 Å². The van der Waals surface area contributed by atoms with Crippen LogP contribution in [0.3, 0.4) is 0 Å². The monoisotopic (exact) mass is 431 g/mol. The number of methoxy groups -OCH3 is 1. The Balaban J connectivity index is 0.00000280. The SMILES string of the molecule is COc1cc(NC(=O)CCC2CCNCC2)ccc1S(=O)(=O)N1CCCC1.Cl. The number of piperidine rings is 1. The second-order valence-electron chi connectivity index (χ2n) is 7.26. The summed E-state index contributed by atoms with van der Waals surface area (Å²) in [5.41, 5.74) is 0.558. The first-order chi connectivity index (χ1) is 13.0. The smallest absolute Gasteiger partial charge is 0.246 e. The second kappa shape index (κ2) is 10.4. The Labute approximate surface area is 173 Å². The number of carbonyl (C=O) groups excluding carboxylic acids is 1. The molecular weight excluding hydrogens is 402 g/mol. The number of carbonyl (C=O) groups is 1. The Bertz CT molecular complexity index is 760. The molecule has 1 aromatic rings. The molecule has 2 aliphatic heterocycles. The third kappa shape index (κ3) is 5.59. The Morgan fingerprint density at radius 3 is 2.57 bits per heavy atom. The average Bonchev–Trinajstić information content (AvgIpc) is 3.23. The molecule has 0 aromatic heterocycles. The number of amides is 1. The molecule has 2 saturated heterocycles. The van der Waals surface area contributed by atoms with Gasteiger partial charge in [0, 0.05) is 31.3 Å². The van der Waals surface area contributed by atoms with Crippen molar-refractivity contribution >= 4 is 34.0 Å². The highest BCUT2D eigenvalue weighted by atomic mass is 35.5. The van der Waals surface area contributed by atoms with Crippen LogP contribution < -0.4 is 15.4 Å². The van der Waals surface area contributed by atoms with E-state index in [0.29, 0.717) is 31.1 Å². The van der Waals surface area contributed by atoms with Crippen LogP contribution >= 0.6 is 12.4 Å². The number of benzene rings is 1. The van der Waals surface area contributed by atoms with Gasteiger partial charge in [-0.05, 0) is 63.2 Å². The summed E-state index contributed by atoms with van der Waals surface area (Å²) < 4.78 is 32.4. The molecule has 0 bridgehead atoms. The average molecular weight is 432 g/mol. The second-order valence-corrected chi connectivity index (χ2v) is 9.16. The van der Waals surface area contributed by atoms with E-state index >= 15 is 0 Å². The minimum atomic E-state index is -3.56. The lowest BCUT2D eigenvalue weighted by Gasteiger charge is -2.22. The van der Waals surface area contributed by atoms with Gasteiger partial charge in [-0.3, -0.25) is 4.79 Å². The van der Waals surface area contributed by atoms with E-state index in [1.54, 1.807) is 12.1 Å². The summed E-state index contributed by atoms with van der Waals surface area (Å²) in [6.45, 7) is 3.13. The van der Waals surface area contributed by atoms with Crippen molar-refractivity contribution in [1.29, 1.82) is 0 Å². The maximum Gasteiger partial charge on any atom is 0.246 e. The molecule has 2 aliphatic rings. The van der Waals surface area contributed by atoms with E-state index in [-0.39, 0.29) is 29.0 Å². The number of hydrogen-bond acceptors (Lipinski definition) is 5. The van der Waals surface area contributed by atoms with E-state index in [4.69, 9.17) is 4.74 Å². The zero-order chi connectivity index (χ0) is 19.3. The van der Waals surface area contributed by atoms with Crippen LogP contribution in [0, 0.1) is 5.92 Å². The van der Waals surface area contributed by atoms with Crippen LogP contribution in [0.2, 0.25) is 0 Å². The zero-order valence-electron chi connectivity index (χ0n) is 16.3. The largest absolute Gasteiger partial charge is 0.495 e. The van der Waals surface area contributed by atoms with Gasteiger partial charge in [0.1, 0.15) is 10.6 Å². The molecule has 158 valence electrons. The van der Waals surface area contributed by atoms with Crippen molar-refractivity contribution in [2.45, 2.75) is 43.4 Å². The molecule has 0 radical (unpaired) electrons. The van der Waals surface area contributed by atoms with Crippen LogP contribution in [0.4, 0.5) is 5.69 Å². The fourth-order valence-electron chi connectivity index (χ4n) is 3.76. The van der Waals surface area contributed by atoms with Gasteiger partial charge < -0.3 is 15.4 Å². The molecule has 9 heteroatoms. The van der Waals surface area contributed by atoms with Gasteiger partial charge in [-0.1, -0.05) is 0 Å². The summed E-state index contributed by atoms with van der Waals surface area (Å²) in [7, 11) is -2.12. The molecule has 1 amide bonds. The van der Waals surface area contributed by atoms with Crippen LogP contribution in [0.25, 0.3) is 0 Å². The van der Waals surface area contributed by atoms with Crippen LogP contribution in [-0.2, 0) is 14.8 Å². The number of ether oxygens (including phenoxy) is 1. The first kappa shape index (κ1) is 22.9. The summed E-state index contributed by atoms with van der Waals surface area (Å²) in [5.74, 6) is 0.809. The molecule has 1 aromatic carbocycles. The topological polar surface area (TPSA) is 87.7 Å². The van der Waals surface area contributed by atoms with Crippen molar-refractivity contribution in [3.63, 3.8) is 0 Å². The molecule has 28 heavy (non-hydrogen) atoms. The van der Waals surface area contributed by atoms with Crippen LogP contribution in [0.1, 0.15) is 38.5 Å². The zero-order valence-corrected chi connectivity index (χ0v) is 17.9. The normalized spacial score (nSPS) is 18.5. The molecule has 0 spiro atoms. The summed E-state index contributed by atoms with van der Waals surface area (Å²) in [6.07, 6.45) is 5.35. The molecule has 2 heterocycles. The van der Waals surface area contributed by atoms with Gasteiger partial charge >= 0.3 is 0 Å². The van der Waals surface area contributed by atoms with E-state index in [1.807, 2.05) is 0 Å². The highest BCUT2D eigenvalue weighted by Gasteiger charge is 2.30. The van der Waals surface area contributed by atoms with Crippen molar-refractivity contribution in [2.24, 2.45) is 5.92 Å². The fraction of sp³-hybridized carbons (Fsp3) is 0.632. The van der Waals surface area contributed by atoms with E-state index in [9.17, 15) is 13.2 Å². The lowest BCUT2D eigenvalue weighted by molar-refractivity contribution is -0.116. The van der Waals surface area contributed by atoms with Gasteiger partial charge in [0.15, 0.2) is 0 Å². The Morgan fingerprint density at radius 2 is 1.93 bits per heavy atom. The predicted octanol–water partition coefficient (Wildman–Crippen LogP) is 2.62. The van der Waals surface area contributed by atoms with Gasteiger partial charge in [0.2, 0.25) is 15.9 Å². The Morgan fingerprint density at radius 1 is 1.25 bits per heavy atom. The van der Waals surface area contributed by atoms with E-state index in [1.165, 1.54) is 17.5 Å². The van der Waals surface area contributed by atoms with Crippen molar-refractivity contribution < 1.29 is 17.9 Å². The number of halogens is 1. The minimum Gasteiger partial charge on any atom is -0.495 e. The predicted molar refractivity (Wildman–Crippen MR) is 112 cm³/mol. The minimum absolute atomic E-state index is 0. The first-order valence-corrected chi connectivity index (χ1v) is 11.1. The van der Waals surface area contributed by atoms with E-state index in [0.717, 1.165) is 45.2 Å². The highest BCUT2D eigenvalue weighted by Crippen LogP contribution is 2.31. The molecule has 0 saturated carbocycles. The maximum atomic E-state index is 12.8. The van der Waals surface area contributed by atoms with E-state index < -0.39 is 10.0 Å². The molecule has 2 N–H and O–H groups in total. The molecule has 3 rings (SSSR count). The number of rotatable bonds is 7. The van der Waals surface area contributed by atoms with E-state index in [2.05, 4.69) is 10.6 Å². The van der Waals surface area contributed by atoms with Gasteiger partial charge in [-0.25, -0.2) is 8.42 Å². The van der Waals surface area contributed by atoms with Crippen LogP contribution in [0.15, 0.2) is 23.1 Å². The molecule has 0 unspecified atom stereocenters. The lowest BCUT2D eigenvalue weighted by atomic mass is 9.93. The van der Waals surface area contributed by atoms with Gasteiger partial charge in [-0.2, -0.15) is 4.31 Å². The van der Waals surface area contributed by atoms with Crippen LogP contribution in [-0.4, -0.2) is 51.9 Å². The number of sulfonamides is 1. The quantitative estimate of drug-likeness (QED) is 0.692. The highest BCUT2D eigenvalue weighted by molar-refractivity contribution is 7.89. The van der Waals surface area contributed by atoms with Crippen molar-refractivity contribution in [2.75, 3.05) is 38.6 Å². The number of anilines is 1. The van der Waals surface area contributed by atoms with Gasteiger partial charge in [0.05, 0.1) is 7.11 Å². The molecule has 0 atom stereocenters. The first-order valence-electron chi connectivity index (χ1n) is 9.69. The van der Waals surface area contributed by atoms with Crippen molar-refractivity contribution in [3.05, 3.63) is 18.2 Å². The molecule has 7 nitrogen and oxygen atoms in total. The molecular formula is C19H30ClN3O4S. The standard InChI is InChI=1S/C19H29N3O4S.ClH/c1-26-17-14-16(21-19(23)7-4-15-8-10-20-11-9-15)5-6-18(17)27(24,25)22-12-2-3-13-22;/h5-6,14-15,20H,2-4,7-13H2,1H3,(H,21,23);1H. The molecule has 2 fully saturated rings. The fourth-order valence-corrected chi connectivity index (χ4v) is 5.41. The Kier molecular flexibility index (Phi) is 8.55. The Hall–Kier alpha value is -1.35. The number of hydrogen-bond donors (Lipinski definition) is 2. The summed E-state index contributed by atoms with van der Waals surface area (Å²) in [5, 5.41) is 6.19. The van der Waals surface area contributed by atoms with Crippen LogP contribution in [0.5, 0.6) is 5.75 Å². The summed E-state index contributed by atoms with van der Waals surface area (Å²) >= 11 is 0. The maximum absolute atomic E-state index is 12.8. The van der Waals surface area contributed by atoms with Gasteiger partial charge in [-0.15, -0.1) is 12.4 Å². The summed E-state index contributed by atoms with van der Waals surface area (Å²) in [6, 6.07) is 4.74. The molecule has 0 aliphatic carbocycles. The summed E-state index contributed by atoms with van der Waals surface area (Å²) in [4.78, 5) is 12.4. The van der Waals surface area contributed by atoms with Gasteiger partial charge in [0.25, 0.3) is 0 Å². The third-order valence-electron chi connectivity index (χ3n) is 5.37. The number of nitrogens with zero attached hydrogens (tertiary/aromatic N) is 1.